The number of carbonyl (C=O) groups is 2. The quantitative estimate of drug-likeness (QED) is 0.677. The van der Waals surface area contributed by atoms with Gasteiger partial charge < -0.3 is 15.4 Å². The Bertz CT molecular complexity index is 933. The number of rotatable bonds is 8. The SMILES string of the molecule is CNC(=O)Cc1cccc(CNC(=O)c2cnc(OC)c(/C=C/C3CCCCC3)c2)c1. The first-order chi connectivity index (χ1) is 15.1. The predicted octanol–water partition coefficient (Wildman–Crippen LogP) is 3.90. The monoisotopic (exact) mass is 421 g/mol. The normalized spacial score (nSPS) is 14.4. The molecule has 2 amide bonds. The molecule has 1 aliphatic carbocycles. The van der Waals surface area contributed by atoms with Gasteiger partial charge in [-0.1, -0.05) is 55.7 Å². The van der Waals surface area contributed by atoms with E-state index < -0.39 is 0 Å². The minimum absolute atomic E-state index is 0.0423. The maximum Gasteiger partial charge on any atom is 0.253 e. The number of ether oxygens (including phenoxy) is 1. The summed E-state index contributed by atoms with van der Waals surface area (Å²) < 4.78 is 5.38. The van der Waals surface area contributed by atoms with Crippen molar-refractivity contribution in [1.29, 1.82) is 0 Å². The van der Waals surface area contributed by atoms with E-state index in [9.17, 15) is 9.59 Å². The maximum absolute atomic E-state index is 12.7. The summed E-state index contributed by atoms with van der Waals surface area (Å²) in [5, 5.41) is 5.55. The third kappa shape index (κ3) is 6.67. The van der Waals surface area contributed by atoms with E-state index in [1.807, 2.05) is 36.4 Å². The summed E-state index contributed by atoms with van der Waals surface area (Å²) in [4.78, 5) is 28.6. The lowest BCUT2D eigenvalue weighted by molar-refractivity contribution is -0.119. The lowest BCUT2D eigenvalue weighted by Crippen LogP contribution is -2.23. The number of methoxy groups -OCH3 is 1. The number of carbonyl (C=O) groups excluding carboxylic acids is 2. The van der Waals surface area contributed by atoms with Crippen LogP contribution in [-0.2, 0) is 17.8 Å². The molecule has 0 saturated heterocycles. The highest BCUT2D eigenvalue weighted by molar-refractivity contribution is 5.94. The second-order valence-corrected chi connectivity index (χ2v) is 7.93. The molecule has 0 atom stereocenters. The van der Waals surface area contributed by atoms with Crippen molar-refractivity contribution in [2.24, 2.45) is 5.92 Å². The number of pyridine rings is 1. The van der Waals surface area contributed by atoms with Crippen LogP contribution in [0.2, 0.25) is 0 Å². The number of amides is 2. The molecule has 3 rings (SSSR count). The van der Waals surface area contributed by atoms with E-state index >= 15 is 0 Å². The van der Waals surface area contributed by atoms with Crippen LogP contribution in [0.15, 0.2) is 42.6 Å². The summed E-state index contributed by atoms with van der Waals surface area (Å²) in [6.07, 6.45) is 12.4. The number of allylic oxidation sites excluding steroid dienone is 1. The van der Waals surface area contributed by atoms with Gasteiger partial charge in [-0.05, 0) is 36.0 Å². The van der Waals surface area contributed by atoms with Gasteiger partial charge in [0.15, 0.2) is 0 Å². The van der Waals surface area contributed by atoms with Crippen molar-refractivity contribution in [2.75, 3.05) is 14.2 Å². The van der Waals surface area contributed by atoms with Crippen molar-refractivity contribution in [3.05, 3.63) is 64.9 Å². The fraction of sp³-hybridized carbons (Fsp3) is 0.400. The summed E-state index contributed by atoms with van der Waals surface area (Å²) >= 11 is 0. The van der Waals surface area contributed by atoms with Crippen LogP contribution in [0.5, 0.6) is 5.88 Å². The van der Waals surface area contributed by atoms with Gasteiger partial charge in [0, 0.05) is 25.4 Å². The Morgan fingerprint density at radius 3 is 2.68 bits per heavy atom. The molecule has 2 aromatic rings. The molecule has 1 fully saturated rings. The van der Waals surface area contributed by atoms with E-state index in [-0.39, 0.29) is 11.8 Å². The van der Waals surface area contributed by atoms with E-state index in [0.29, 0.717) is 30.3 Å². The van der Waals surface area contributed by atoms with Crippen LogP contribution >= 0.6 is 0 Å². The molecule has 1 aromatic heterocycles. The molecule has 0 spiro atoms. The van der Waals surface area contributed by atoms with E-state index in [4.69, 9.17) is 4.74 Å². The van der Waals surface area contributed by atoms with Gasteiger partial charge in [-0.25, -0.2) is 4.98 Å². The predicted molar refractivity (Wildman–Crippen MR) is 122 cm³/mol. The smallest absolute Gasteiger partial charge is 0.253 e. The van der Waals surface area contributed by atoms with Crippen LogP contribution < -0.4 is 15.4 Å². The van der Waals surface area contributed by atoms with Crippen molar-refractivity contribution in [3.63, 3.8) is 0 Å². The van der Waals surface area contributed by atoms with E-state index in [1.54, 1.807) is 14.2 Å². The third-order valence-electron chi connectivity index (χ3n) is 5.62. The molecular weight excluding hydrogens is 390 g/mol. The topological polar surface area (TPSA) is 80.3 Å². The summed E-state index contributed by atoms with van der Waals surface area (Å²) in [6, 6.07) is 9.47. The first kappa shape index (κ1) is 22.5. The fourth-order valence-electron chi connectivity index (χ4n) is 3.86. The van der Waals surface area contributed by atoms with Crippen molar-refractivity contribution in [1.82, 2.24) is 15.6 Å². The van der Waals surface area contributed by atoms with Gasteiger partial charge in [0.1, 0.15) is 0 Å². The Balaban J connectivity index is 1.65. The number of hydrogen-bond acceptors (Lipinski definition) is 4. The molecule has 164 valence electrons. The van der Waals surface area contributed by atoms with Crippen LogP contribution in [-0.4, -0.2) is 31.0 Å². The van der Waals surface area contributed by atoms with Gasteiger partial charge >= 0.3 is 0 Å². The first-order valence-electron chi connectivity index (χ1n) is 10.9. The molecule has 2 N–H and O–H groups in total. The first-order valence-corrected chi connectivity index (χ1v) is 10.9. The Morgan fingerprint density at radius 2 is 1.94 bits per heavy atom. The van der Waals surface area contributed by atoms with Crippen LogP contribution in [0.1, 0.15) is 59.2 Å². The summed E-state index contributed by atoms with van der Waals surface area (Å²) in [5.74, 6) is 0.863. The zero-order valence-electron chi connectivity index (χ0n) is 18.3. The maximum atomic E-state index is 12.7. The average Bonchev–Trinajstić information content (AvgIpc) is 2.81. The van der Waals surface area contributed by atoms with E-state index in [0.717, 1.165) is 16.7 Å². The molecule has 0 aliphatic heterocycles. The van der Waals surface area contributed by atoms with Crippen LogP contribution in [0.4, 0.5) is 0 Å². The third-order valence-corrected chi connectivity index (χ3v) is 5.62. The largest absolute Gasteiger partial charge is 0.481 e. The Hall–Kier alpha value is -3.15. The van der Waals surface area contributed by atoms with Gasteiger partial charge in [0.2, 0.25) is 11.8 Å². The zero-order valence-corrected chi connectivity index (χ0v) is 18.3. The number of likely N-dealkylation sites (N-methyl/N-ethyl adjacent to an activating group) is 1. The standard InChI is InChI=1S/C25H31N3O3/c1-26-23(29)14-19-9-6-10-20(13-19)16-27-24(30)22-15-21(25(31-2)28-17-22)12-11-18-7-4-3-5-8-18/h6,9-13,15,17-18H,3-5,7-8,14,16H2,1-2H3,(H,26,29)(H,27,30)/b12-11+. The van der Waals surface area contributed by atoms with Crippen molar-refractivity contribution < 1.29 is 14.3 Å². The number of nitrogens with zero attached hydrogens (tertiary/aromatic N) is 1. The van der Waals surface area contributed by atoms with E-state index in [2.05, 4.69) is 21.7 Å². The number of benzene rings is 1. The molecule has 6 nitrogen and oxygen atoms in total. The van der Waals surface area contributed by atoms with Gasteiger partial charge in [0.25, 0.3) is 5.91 Å². The zero-order chi connectivity index (χ0) is 22.1. The average molecular weight is 422 g/mol. The van der Waals surface area contributed by atoms with Gasteiger partial charge in [-0.3, -0.25) is 9.59 Å². The lowest BCUT2D eigenvalue weighted by atomic mass is 9.89. The second-order valence-electron chi connectivity index (χ2n) is 7.93. The molecule has 0 radical (unpaired) electrons. The highest BCUT2D eigenvalue weighted by Gasteiger charge is 2.13. The molecule has 0 unspecified atom stereocenters. The molecule has 1 saturated carbocycles. The molecule has 31 heavy (non-hydrogen) atoms. The molecule has 6 heteroatoms. The summed E-state index contributed by atoms with van der Waals surface area (Å²) in [6.45, 7) is 0.375. The molecule has 1 aliphatic rings. The van der Waals surface area contributed by atoms with Crippen LogP contribution in [0.25, 0.3) is 6.08 Å². The summed E-state index contributed by atoms with van der Waals surface area (Å²) in [7, 11) is 3.21. The van der Waals surface area contributed by atoms with Crippen molar-refractivity contribution in [2.45, 2.75) is 45.1 Å². The van der Waals surface area contributed by atoms with Crippen LogP contribution in [0.3, 0.4) is 0 Å². The van der Waals surface area contributed by atoms with Gasteiger partial charge in [-0.2, -0.15) is 0 Å². The van der Waals surface area contributed by atoms with Crippen LogP contribution in [0, 0.1) is 5.92 Å². The van der Waals surface area contributed by atoms with Crippen molar-refractivity contribution >= 4 is 17.9 Å². The lowest BCUT2D eigenvalue weighted by Gasteiger charge is -2.17. The molecule has 0 bridgehead atoms. The highest BCUT2D eigenvalue weighted by atomic mass is 16.5. The molecule has 1 heterocycles. The number of hydrogen-bond donors (Lipinski definition) is 2. The minimum Gasteiger partial charge on any atom is -0.481 e. The Kier molecular flexibility index (Phi) is 8.21. The Morgan fingerprint density at radius 1 is 1.16 bits per heavy atom. The number of aromatic nitrogens is 1. The number of nitrogens with one attached hydrogen (secondary N) is 2. The molecule has 1 aromatic carbocycles. The fourth-order valence-corrected chi connectivity index (χ4v) is 3.86. The second kappa shape index (κ2) is 11.3. The van der Waals surface area contributed by atoms with Gasteiger partial charge in [0.05, 0.1) is 19.1 Å². The van der Waals surface area contributed by atoms with Crippen molar-refractivity contribution in [3.8, 4) is 5.88 Å². The Labute approximate surface area is 184 Å². The molecular formula is C25H31N3O3. The minimum atomic E-state index is -0.195. The highest BCUT2D eigenvalue weighted by Crippen LogP contribution is 2.26. The summed E-state index contributed by atoms with van der Waals surface area (Å²) in [5.41, 5.74) is 3.15. The van der Waals surface area contributed by atoms with E-state index in [1.165, 1.54) is 38.3 Å². The van der Waals surface area contributed by atoms with Gasteiger partial charge in [-0.15, -0.1) is 0 Å².